The number of anilines is 1. The smallest absolute Gasteiger partial charge is 0.180 e. The minimum atomic E-state index is -3.18. The number of para-hydroxylation sites is 1. The minimum Gasteiger partial charge on any atom is -0.384 e. The van der Waals surface area contributed by atoms with E-state index < -0.39 is 9.84 Å². The molecule has 0 saturated carbocycles. The van der Waals surface area contributed by atoms with E-state index in [1.54, 1.807) is 12.1 Å². The zero-order valence-corrected chi connectivity index (χ0v) is 12.8. The predicted molar refractivity (Wildman–Crippen MR) is 80.8 cm³/mol. The molecule has 1 aliphatic rings. The van der Waals surface area contributed by atoms with Gasteiger partial charge in [0.1, 0.15) is 0 Å². The van der Waals surface area contributed by atoms with Crippen molar-refractivity contribution in [2.45, 2.75) is 31.1 Å². The van der Waals surface area contributed by atoms with Crippen molar-refractivity contribution in [2.75, 3.05) is 30.8 Å². The average molecular weight is 297 g/mol. The molecule has 0 bridgehead atoms. The molecule has 1 N–H and O–H groups in total. The number of sulfone groups is 1. The molecule has 20 heavy (non-hydrogen) atoms. The molecular weight excluding hydrogens is 274 g/mol. The highest BCUT2D eigenvalue weighted by atomic mass is 32.2. The molecular formula is C15H23NO3S. The fraction of sp³-hybridized carbons (Fsp3) is 0.600. The topological polar surface area (TPSA) is 55.4 Å². The third-order valence-corrected chi connectivity index (χ3v) is 5.59. The summed E-state index contributed by atoms with van der Waals surface area (Å²) in [5.41, 5.74) is 0.729. The van der Waals surface area contributed by atoms with Crippen molar-refractivity contribution in [3.8, 4) is 0 Å². The third-order valence-electron chi connectivity index (χ3n) is 3.62. The molecule has 0 aliphatic carbocycles. The molecule has 0 aromatic heterocycles. The van der Waals surface area contributed by atoms with Crippen LogP contribution in [0.1, 0.15) is 26.2 Å². The average Bonchev–Trinajstić information content (AvgIpc) is 2.46. The fourth-order valence-electron chi connectivity index (χ4n) is 2.47. The summed E-state index contributed by atoms with van der Waals surface area (Å²) in [4.78, 5) is 0.425. The van der Waals surface area contributed by atoms with Crippen molar-refractivity contribution in [3.05, 3.63) is 24.3 Å². The van der Waals surface area contributed by atoms with E-state index in [-0.39, 0.29) is 5.75 Å². The van der Waals surface area contributed by atoms with Gasteiger partial charge in [-0.3, -0.25) is 0 Å². The Morgan fingerprint density at radius 1 is 1.25 bits per heavy atom. The Bertz CT molecular complexity index is 522. The van der Waals surface area contributed by atoms with Crippen molar-refractivity contribution in [1.82, 2.24) is 0 Å². The molecule has 2 rings (SSSR count). The maximum atomic E-state index is 12.2. The zero-order valence-electron chi connectivity index (χ0n) is 12.0. The Hall–Kier alpha value is -1.07. The van der Waals surface area contributed by atoms with Gasteiger partial charge in [-0.05, 0) is 37.3 Å². The van der Waals surface area contributed by atoms with E-state index in [0.717, 1.165) is 38.3 Å². The number of hydrogen-bond donors (Lipinski definition) is 1. The fourth-order valence-corrected chi connectivity index (χ4v) is 3.99. The summed E-state index contributed by atoms with van der Waals surface area (Å²) < 4.78 is 29.8. The van der Waals surface area contributed by atoms with Crippen molar-refractivity contribution >= 4 is 15.5 Å². The molecule has 0 unspecified atom stereocenters. The van der Waals surface area contributed by atoms with Crippen LogP contribution in [0.15, 0.2) is 29.2 Å². The number of benzene rings is 1. The van der Waals surface area contributed by atoms with Crippen LogP contribution in [-0.2, 0) is 14.6 Å². The van der Waals surface area contributed by atoms with Crippen LogP contribution in [0.2, 0.25) is 0 Å². The van der Waals surface area contributed by atoms with Gasteiger partial charge in [0.2, 0.25) is 0 Å². The first-order valence-electron chi connectivity index (χ1n) is 7.27. The highest BCUT2D eigenvalue weighted by Crippen LogP contribution is 2.24. The summed E-state index contributed by atoms with van der Waals surface area (Å²) in [7, 11) is -3.18. The van der Waals surface area contributed by atoms with Gasteiger partial charge < -0.3 is 10.1 Å². The van der Waals surface area contributed by atoms with Crippen LogP contribution >= 0.6 is 0 Å². The first-order chi connectivity index (χ1) is 9.63. The second kappa shape index (κ2) is 7.09. The summed E-state index contributed by atoms with van der Waals surface area (Å²) in [6.45, 7) is 4.31. The number of rotatable bonds is 6. The number of hydrogen-bond acceptors (Lipinski definition) is 4. The first-order valence-corrected chi connectivity index (χ1v) is 8.92. The lowest BCUT2D eigenvalue weighted by Gasteiger charge is -2.23. The second-order valence-electron chi connectivity index (χ2n) is 5.25. The molecule has 1 aromatic rings. The third kappa shape index (κ3) is 3.96. The van der Waals surface area contributed by atoms with E-state index >= 15 is 0 Å². The molecule has 1 aliphatic heterocycles. The maximum Gasteiger partial charge on any atom is 0.180 e. The molecule has 0 spiro atoms. The first kappa shape index (κ1) is 15.3. The standard InChI is InChI=1S/C15H23NO3S/c1-2-11-20(17,18)15-6-4-3-5-14(15)16-12-13-7-9-19-10-8-13/h3-6,13,16H,2,7-12H2,1H3. The molecule has 1 aromatic carbocycles. The monoisotopic (exact) mass is 297 g/mol. The maximum absolute atomic E-state index is 12.2. The Kier molecular flexibility index (Phi) is 5.43. The van der Waals surface area contributed by atoms with Gasteiger partial charge in [-0.1, -0.05) is 19.1 Å². The van der Waals surface area contributed by atoms with E-state index in [9.17, 15) is 8.42 Å². The van der Waals surface area contributed by atoms with Gasteiger partial charge in [-0.15, -0.1) is 0 Å². The van der Waals surface area contributed by atoms with Gasteiger partial charge in [0, 0.05) is 19.8 Å². The van der Waals surface area contributed by atoms with Crippen LogP contribution < -0.4 is 5.32 Å². The van der Waals surface area contributed by atoms with Gasteiger partial charge in [0.15, 0.2) is 9.84 Å². The highest BCUT2D eigenvalue weighted by molar-refractivity contribution is 7.91. The largest absolute Gasteiger partial charge is 0.384 e. The normalized spacial score (nSPS) is 17.1. The van der Waals surface area contributed by atoms with Crippen LogP contribution in [0.25, 0.3) is 0 Å². The lowest BCUT2D eigenvalue weighted by molar-refractivity contribution is 0.0699. The quantitative estimate of drug-likeness (QED) is 0.877. The Morgan fingerprint density at radius 2 is 1.95 bits per heavy atom. The van der Waals surface area contributed by atoms with E-state index in [1.165, 1.54) is 0 Å². The van der Waals surface area contributed by atoms with E-state index in [2.05, 4.69) is 5.32 Å². The van der Waals surface area contributed by atoms with Crippen LogP contribution in [0.3, 0.4) is 0 Å². The van der Waals surface area contributed by atoms with Crippen LogP contribution in [0.4, 0.5) is 5.69 Å². The molecule has 5 heteroatoms. The minimum absolute atomic E-state index is 0.197. The summed E-state index contributed by atoms with van der Waals surface area (Å²) in [6, 6.07) is 7.19. The molecule has 1 heterocycles. The Balaban J connectivity index is 2.07. The van der Waals surface area contributed by atoms with Gasteiger partial charge >= 0.3 is 0 Å². The van der Waals surface area contributed by atoms with Crippen molar-refractivity contribution in [3.63, 3.8) is 0 Å². The van der Waals surface area contributed by atoms with Crippen LogP contribution in [-0.4, -0.2) is 33.9 Å². The van der Waals surface area contributed by atoms with Crippen LogP contribution in [0.5, 0.6) is 0 Å². The molecule has 112 valence electrons. The molecule has 1 saturated heterocycles. The Morgan fingerprint density at radius 3 is 2.65 bits per heavy atom. The lowest BCUT2D eigenvalue weighted by Crippen LogP contribution is -2.23. The number of ether oxygens (including phenoxy) is 1. The summed E-state index contributed by atoms with van der Waals surface area (Å²) in [6.07, 6.45) is 2.71. The van der Waals surface area contributed by atoms with Gasteiger partial charge in [0.05, 0.1) is 16.3 Å². The molecule has 1 fully saturated rings. The van der Waals surface area contributed by atoms with E-state index in [0.29, 0.717) is 17.2 Å². The molecule has 0 radical (unpaired) electrons. The van der Waals surface area contributed by atoms with Gasteiger partial charge in [0.25, 0.3) is 0 Å². The summed E-state index contributed by atoms with van der Waals surface area (Å²) >= 11 is 0. The van der Waals surface area contributed by atoms with Crippen LogP contribution in [0, 0.1) is 5.92 Å². The van der Waals surface area contributed by atoms with Crippen molar-refractivity contribution < 1.29 is 13.2 Å². The van der Waals surface area contributed by atoms with E-state index in [1.807, 2.05) is 19.1 Å². The van der Waals surface area contributed by atoms with E-state index in [4.69, 9.17) is 4.74 Å². The molecule has 4 nitrogen and oxygen atoms in total. The van der Waals surface area contributed by atoms with Crippen molar-refractivity contribution in [2.24, 2.45) is 5.92 Å². The Labute approximate surface area is 121 Å². The van der Waals surface area contributed by atoms with Crippen molar-refractivity contribution in [1.29, 1.82) is 0 Å². The summed E-state index contributed by atoms with van der Waals surface area (Å²) in [5, 5.41) is 3.31. The molecule has 0 atom stereocenters. The summed E-state index contributed by atoms with van der Waals surface area (Å²) in [5.74, 6) is 0.758. The second-order valence-corrected chi connectivity index (χ2v) is 7.33. The number of nitrogens with one attached hydrogen (secondary N) is 1. The van der Waals surface area contributed by atoms with Gasteiger partial charge in [-0.25, -0.2) is 8.42 Å². The predicted octanol–water partition coefficient (Wildman–Crippen LogP) is 2.71. The lowest BCUT2D eigenvalue weighted by atomic mass is 10.0. The highest BCUT2D eigenvalue weighted by Gasteiger charge is 2.19. The molecule has 0 amide bonds. The SMILES string of the molecule is CCCS(=O)(=O)c1ccccc1NCC1CCOCC1. The van der Waals surface area contributed by atoms with Gasteiger partial charge in [-0.2, -0.15) is 0 Å². The zero-order chi connectivity index (χ0) is 14.4.